The van der Waals surface area contributed by atoms with Gasteiger partial charge in [0.2, 0.25) is 0 Å². The van der Waals surface area contributed by atoms with Crippen LogP contribution < -0.4 is 16.0 Å². The largest absolute Gasteiger partial charge is 0.465 e. The molecule has 0 aliphatic carbocycles. The SMILES string of the molecule is C/C=c1/occ/c1=C/C=C(\C)C1CNC(C)CO1. The molecule has 2 heterocycles. The molecule has 1 saturated heterocycles. The summed E-state index contributed by atoms with van der Waals surface area (Å²) in [6.07, 6.45) is 8.05. The first-order chi connectivity index (χ1) is 8.70. The molecule has 1 fully saturated rings. The number of furan rings is 1. The van der Waals surface area contributed by atoms with Crippen LogP contribution >= 0.6 is 0 Å². The molecule has 18 heavy (non-hydrogen) atoms. The summed E-state index contributed by atoms with van der Waals surface area (Å²) in [7, 11) is 0. The quantitative estimate of drug-likeness (QED) is 0.852. The van der Waals surface area contributed by atoms with Crippen molar-refractivity contribution in [1.29, 1.82) is 0 Å². The molecule has 2 unspecified atom stereocenters. The van der Waals surface area contributed by atoms with Gasteiger partial charge in [-0.2, -0.15) is 0 Å². The third-order valence-electron chi connectivity index (χ3n) is 3.22. The van der Waals surface area contributed by atoms with Gasteiger partial charge in [0.1, 0.15) is 5.42 Å². The lowest BCUT2D eigenvalue weighted by Gasteiger charge is -2.28. The van der Waals surface area contributed by atoms with Crippen molar-refractivity contribution in [1.82, 2.24) is 5.32 Å². The highest BCUT2D eigenvalue weighted by Crippen LogP contribution is 2.10. The first-order valence-corrected chi connectivity index (χ1v) is 6.44. The van der Waals surface area contributed by atoms with Gasteiger partial charge in [-0.15, -0.1) is 0 Å². The fourth-order valence-electron chi connectivity index (χ4n) is 2.01. The van der Waals surface area contributed by atoms with Crippen molar-refractivity contribution in [3.63, 3.8) is 0 Å². The molecular formula is C15H21NO2. The zero-order valence-corrected chi connectivity index (χ0v) is 11.3. The second-order valence-corrected chi connectivity index (χ2v) is 4.74. The van der Waals surface area contributed by atoms with Crippen LogP contribution in [-0.4, -0.2) is 25.3 Å². The van der Waals surface area contributed by atoms with E-state index in [9.17, 15) is 0 Å². The van der Waals surface area contributed by atoms with Gasteiger partial charge in [-0.3, -0.25) is 0 Å². The van der Waals surface area contributed by atoms with Gasteiger partial charge in [0.25, 0.3) is 0 Å². The molecule has 1 aromatic rings. The highest BCUT2D eigenvalue weighted by Gasteiger charge is 2.18. The summed E-state index contributed by atoms with van der Waals surface area (Å²) in [6.45, 7) is 7.87. The molecule has 0 spiro atoms. The molecule has 1 aliphatic rings. The van der Waals surface area contributed by atoms with Gasteiger partial charge >= 0.3 is 0 Å². The molecule has 98 valence electrons. The lowest BCUT2D eigenvalue weighted by molar-refractivity contribution is 0.0297. The number of allylic oxidation sites excluding steroid dienone is 1. The Hall–Kier alpha value is -1.32. The second kappa shape index (κ2) is 6.03. The first-order valence-electron chi connectivity index (χ1n) is 6.44. The number of morpholine rings is 1. The van der Waals surface area contributed by atoms with Crippen LogP contribution in [0.5, 0.6) is 0 Å². The Bertz CT molecular complexity index is 519. The Morgan fingerprint density at radius 2 is 2.33 bits per heavy atom. The zero-order chi connectivity index (χ0) is 13.0. The Morgan fingerprint density at radius 1 is 1.50 bits per heavy atom. The van der Waals surface area contributed by atoms with Crippen molar-refractivity contribution in [2.24, 2.45) is 0 Å². The lowest BCUT2D eigenvalue weighted by atomic mass is 10.1. The highest BCUT2D eigenvalue weighted by atomic mass is 16.5. The van der Waals surface area contributed by atoms with E-state index in [1.807, 2.05) is 19.1 Å². The minimum atomic E-state index is 0.179. The molecular weight excluding hydrogens is 226 g/mol. The van der Waals surface area contributed by atoms with E-state index < -0.39 is 0 Å². The van der Waals surface area contributed by atoms with E-state index in [4.69, 9.17) is 9.15 Å². The maximum absolute atomic E-state index is 5.80. The predicted molar refractivity (Wildman–Crippen MR) is 73.5 cm³/mol. The van der Waals surface area contributed by atoms with E-state index in [1.54, 1.807) is 6.26 Å². The van der Waals surface area contributed by atoms with Crippen molar-refractivity contribution in [2.75, 3.05) is 13.2 Å². The van der Waals surface area contributed by atoms with Crippen LogP contribution in [0.2, 0.25) is 0 Å². The maximum atomic E-state index is 5.80. The van der Waals surface area contributed by atoms with Gasteiger partial charge in [-0.05, 0) is 38.5 Å². The molecule has 3 nitrogen and oxygen atoms in total. The number of nitrogens with one attached hydrogen (secondary N) is 1. The molecule has 0 aromatic carbocycles. The Balaban J connectivity index is 2.12. The molecule has 1 aliphatic heterocycles. The summed E-state index contributed by atoms with van der Waals surface area (Å²) in [4.78, 5) is 0. The molecule has 0 amide bonds. The molecule has 0 saturated carbocycles. The maximum Gasteiger partial charge on any atom is 0.129 e. The molecule has 0 radical (unpaired) electrons. The fraction of sp³-hybridized carbons (Fsp3) is 0.467. The smallest absolute Gasteiger partial charge is 0.129 e. The molecule has 0 bridgehead atoms. The van der Waals surface area contributed by atoms with E-state index in [2.05, 4.69) is 31.3 Å². The van der Waals surface area contributed by atoms with Gasteiger partial charge in [0, 0.05) is 17.8 Å². The topological polar surface area (TPSA) is 34.4 Å². The van der Waals surface area contributed by atoms with E-state index in [0.29, 0.717) is 6.04 Å². The molecule has 3 heteroatoms. The predicted octanol–water partition coefficient (Wildman–Crippen LogP) is 1.18. The molecule has 2 rings (SSSR count). The van der Waals surface area contributed by atoms with Gasteiger partial charge in [-0.1, -0.05) is 12.2 Å². The summed E-state index contributed by atoms with van der Waals surface area (Å²) >= 11 is 0. The first kappa shape index (κ1) is 13.1. The fourth-order valence-corrected chi connectivity index (χ4v) is 2.01. The average Bonchev–Trinajstić information content (AvgIpc) is 2.84. The van der Waals surface area contributed by atoms with Crippen molar-refractivity contribution in [3.8, 4) is 0 Å². The Morgan fingerprint density at radius 3 is 3.00 bits per heavy atom. The van der Waals surface area contributed by atoms with Gasteiger partial charge in [-0.25, -0.2) is 0 Å². The van der Waals surface area contributed by atoms with Crippen molar-refractivity contribution in [2.45, 2.75) is 32.9 Å². The Kier molecular flexibility index (Phi) is 4.39. The summed E-state index contributed by atoms with van der Waals surface area (Å²) in [6, 6.07) is 2.43. The third-order valence-corrected chi connectivity index (χ3v) is 3.22. The zero-order valence-electron chi connectivity index (χ0n) is 11.3. The minimum Gasteiger partial charge on any atom is -0.465 e. The number of rotatable bonds is 2. The number of hydrogen-bond acceptors (Lipinski definition) is 3. The molecule has 2 atom stereocenters. The monoisotopic (exact) mass is 247 g/mol. The van der Waals surface area contributed by atoms with Crippen molar-refractivity contribution < 1.29 is 9.15 Å². The standard InChI is InChI=1S/C15H21NO2/c1-4-14-13(7-8-17-14)6-5-11(2)15-9-16-12(3)10-18-15/h4-8,12,15-16H,9-10H2,1-3H3/b11-5+,13-6-,14-4+. The van der Waals surface area contributed by atoms with E-state index >= 15 is 0 Å². The van der Waals surface area contributed by atoms with Crippen molar-refractivity contribution in [3.05, 3.63) is 34.6 Å². The van der Waals surface area contributed by atoms with Gasteiger partial charge < -0.3 is 14.5 Å². The summed E-state index contributed by atoms with van der Waals surface area (Å²) in [5, 5.41) is 4.53. The van der Waals surface area contributed by atoms with Crippen LogP contribution in [0.15, 0.2) is 28.4 Å². The second-order valence-electron chi connectivity index (χ2n) is 4.74. The number of ether oxygens (including phenoxy) is 1. The van der Waals surface area contributed by atoms with E-state index in [-0.39, 0.29) is 6.10 Å². The van der Waals surface area contributed by atoms with E-state index in [0.717, 1.165) is 23.8 Å². The average molecular weight is 247 g/mol. The van der Waals surface area contributed by atoms with Crippen LogP contribution in [0, 0.1) is 0 Å². The van der Waals surface area contributed by atoms with Gasteiger partial charge in [0.15, 0.2) is 0 Å². The molecule has 1 aromatic heterocycles. The van der Waals surface area contributed by atoms with Crippen LogP contribution in [0.3, 0.4) is 0 Å². The van der Waals surface area contributed by atoms with Crippen LogP contribution in [0.4, 0.5) is 0 Å². The highest BCUT2D eigenvalue weighted by molar-refractivity contribution is 5.40. The third kappa shape index (κ3) is 3.12. The summed E-state index contributed by atoms with van der Waals surface area (Å²) < 4.78 is 11.1. The molecule has 1 N–H and O–H groups in total. The van der Waals surface area contributed by atoms with Crippen molar-refractivity contribution >= 4 is 12.2 Å². The lowest BCUT2D eigenvalue weighted by Crippen LogP contribution is -2.45. The summed E-state index contributed by atoms with van der Waals surface area (Å²) in [5.41, 5.74) is 2.15. The van der Waals surface area contributed by atoms with Crippen LogP contribution in [0.25, 0.3) is 12.2 Å². The van der Waals surface area contributed by atoms with Crippen LogP contribution in [-0.2, 0) is 4.74 Å². The normalized spacial score (nSPS) is 27.8. The minimum absolute atomic E-state index is 0.179. The Labute approximate surface area is 108 Å². The van der Waals surface area contributed by atoms with E-state index in [1.165, 1.54) is 5.57 Å². The summed E-state index contributed by atoms with van der Waals surface area (Å²) in [5.74, 6) is 0. The van der Waals surface area contributed by atoms with Gasteiger partial charge in [0.05, 0.1) is 19.0 Å². The van der Waals surface area contributed by atoms with Crippen LogP contribution in [0.1, 0.15) is 20.8 Å². The number of hydrogen-bond donors (Lipinski definition) is 1.